The lowest BCUT2D eigenvalue weighted by atomic mass is 9.87. The lowest BCUT2D eigenvalue weighted by molar-refractivity contribution is -0.128. The Hall–Kier alpha value is -1.82. The van der Waals surface area contributed by atoms with Gasteiger partial charge in [0.25, 0.3) is 0 Å². The zero-order valence-electron chi connectivity index (χ0n) is 10.9. The average molecular weight is 254 g/mol. The Morgan fingerprint density at radius 1 is 1.26 bits per heavy atom. The molecule has 98 valence electrons. The highest BCUT2D eigenvalue weighted by Gasteiger charge is 2.46. The second kappa shape index (κ2) is 4.70. The fourth-order valence-corrected chi connectivity index (χ4v) is 3.10. The molecule has 19 heavy (non-hydrogen) atoms. The number of benzene rings is 1. The van der Waals surface area contributed by atoms with Crippen LogP contribution in [0.5, 0.6) is 0 Å². The molecule has 0 aliphatic heterocycles. The molecule has 3 nitrogen and oxygen atoms in total. The zero-order chi connectivity index (χ0) is 13.3. The van der Waals surface area contributed by atoms with E-state index in [0.29, 0.717) is 5.92 Å². The van der Waals surface area contributed by atoms with Gasteiger partial charge in [0.1, 0.15) is 5.41 Å². The molecule has 0 heterocycles. The Morgan fingerprint density at radius 3 is 2.58 bits per heavy atom. The lowest BCUT2D eigenvalue weighted by Gasteiger charge is -2.19. The molecule has 3 heteroatoms. The molecule has 2 atom stereocenters. The zero-order valence-corrected chi connectivity index (χ0v) is 10.9. The summed E-state index contributed by atoms with van der Waals surface area (Å²) in [4.78, 5) is 12.3. The number of hydrogen-bond acceptors (Lipinski definition) is 2. The lowest BCUT2D eigenvalue weighted by Crippen LogP contribution is -2.39. The third kappa shape index (κ3) is 2.23. The molecular formula is C16H18N2O. The topological polar surface area (TPSA) is 52.9 Å². The first-order chi connectivity index (χ1) is 9.25. The van der Waals surface area contributed by atoms with Gasteiger partial charge in [0, 0.05) is 12.0 Å². The van der Waals surface area contributed by atoms with Crippen LogP contribution in [0.4, 0.5) is 0 Å². The maximum Gasteiger partial charge on any atom is 0.240 e. The van der Waals surface area contributed by atoms with Gasteiger partial charge in [-0.1, -0.05) is 43.2 Å². The van der Waals surface area contributed by atoms with Crippen molar-refractivity contribution in [2.75, 3.05) is 0 Å². The Bertz CT molecular complexity index is 511. The molecule has 3 rings (SSSR count). The number of rotatable bonds is 3. The van der Waals surface area contributed by atoms with Crippen molar-refractivity contribution >= 4 is 5.91 Å². The van der Waals surface area contributed by atoms with Crippen LogP contribution in [0.3, 0.4) is 0 Å². The number of amides is 1. The Morgan fingerprint density at radius 2 is 1.95 bits per heavy atom. The third-order valence-corrected chi connectivity index (χ3v) is 4.44. The quantitative estimate of drug-likeness (QED) is 0.901. The van der Waals surface area contributed by atoms with Gasteiger partial charge in [0.15, 0.2) is 0 Å². The van der Waals surface area contributed by atoms with E-state index in [2.05, 4.69) is 23.5 Å². The summed E-state index contributed by atoms with van der Waals surface area (Å²) in [5.41, 5.74) is 0.536. The Balaban J connectivity index is 1.62. The van der Waals surface area contributed by atoms with E-state index in [1.807, 2.05) is 18.2 Å². The molecule has 2 aliphatic rings. The van der Waals surface area contributed by atoms with E-state index in [-0.39, 0.29) is 11.9 Å². The molecule has 0 saturated heterocycles. The molecule has 2 aliphatic carbocycles. The molecule has 2 fully saturated rings. The highest BCUT2D eigenvalue weighted by atomic mass is 16.2. The van der Waals surface area contributed by atoms with E-state index in [9.17, 15) is 10.1 Å². The normalized spacial score (nSPS) is 27.5. The van der Waals surface area contributed by atoms with E-state index in [1.54, 1.807) is 0 Å². The molecule has 0 radical (unpaired) electrons. The molecule has 1 aromatic carbocycles. The smallest absolute Gasteiger partial charge is 0.240 e. The minimum atomic E-state index is -0.746. The van der Waals surface area contributed by atoms with Gasteiger partial charge in [-0.15, -0.1) is 0 Å². The van der Waals surface area contributed by atoms with Crippen LogP contribution >= 0.6 is 0 Å². The average Bonchev–Trinajstić information content (AvgIpc) is 3.04. The number of carbonyl (C=O) groups is 1. The van der Waals surface area contributed by atoms with Crippen LogP contribution < -0.4 is 5.32 Å². The van der Waals surface area contributed by atoms with E-state index < -0.39 is 5.41 Å². The molecule has 0 spiro atoms. The van der Waals surface area contributed by atoms with E-state index >= 15 is 0 Å². The largest absolute Gasteiger partial charge is 0.351 e. The second-order valence-corrected chi connectivity index (χ2v) is 5.73. The molecular weight excluding hydrogens is 236 g/mol. The van der Waals surface area contributed by atoms with Crippen LogP contribution in [0.1, 0.15) is 43.6 Å². The fraction of sp³-hybridized carbons (Fsp3) is 0.500. The van der Waals surface area contributed by atoms with Crippen molar-refractivity contribution in [3.8, 4) is 6.07 Å². The first-order valence-electron chi connectivity index (χ1n) is 7.02. The standard InChI is InChI=1S/C16H18N2O/c17-11-16(8-4-5-9-16)15(19)18-14-10-13(14)12-6-2-1-3-7-12/h1-3,6-7,13-14H,4-5,8-10H2,(H,18,19). The van der Waals surface area contributed by atoms with E-state index in [1.165, 1.54) is 5.56 Å². The SMILES string of the molecule is N#CC1(C(=O)NC2CC2c2ccccc2)CCCC1. The number of carbonyl (C=O) groups excluding carboxylic acids is 1. The van der Waals surface area contributed by atoms with Gasteiger partial charge < -0.3 is 5.32 Å². The molecule has 1 aromatic rings. The summed E-state index contributed by atoms with van der Waals surface area (Å²) in [5.74, 6) is 0.387. The predicted octanol–water partition coefficient (Wildman–Crippen LogP) is 2.74. The van der Waals surface area contributed by atoms with Crippen molar-refractivity contribution in [1.82, 2.24) is 5.32 Å². The molecule has 2 unspecified atom stereocenters. The first-order valence-corrected chi connectivity index (χ1v) is 7.02. The van der Waals surface area contributed by atoms with Crippen LogP contribution in [-0.4, -0.2) is 11.9 Å². The maximum absolute atomic E-state index is 12.3. The first kappa shape index (κ1) is 12.2. The van der Waals surface area contributed by atoms with Gasteiger partial charge in [0.2, 0.25) is 5.91 Å². The summed E-state index contributed by atoms with van der Waals surface area (Å²) in [6.45, 7) is 0. The van der Waals surface area contributed by atoms with Crippen LogP contribution in [-0.2, 0) is 4.79 Å². The summed E-state index contributed by atoms with van der Waals surface area (Å²) in [6, 6.07) is 12.7. The summed E-state index contributed by atoms with van der Waals surface area (Å²) < 4.78 is 0. The number of nitrogens with one attached hydrogen (secondary N) is 1. The maximum atomic E-state index is 12.3. The number of nitriles is 1. The van der Waals surface area contributed by atoms with Crippen LogP contribution in [0, 0.1) is 16.7 Å². The highest BCUT2D eigenvalue weighted by Crippen LogP contribution is 2.43. The van der Waals surface area contributed by atoms with Crippen LogP contribution in [0.2, 0.25) is 0 Å². The van der Waals surface area contributed by atoms with Crippen molar-refractivity contribution in [3.05, 3.63) is 35.9 Å². The Kier molecular flexibility index (Phi) is 3.02. The highest BCUT2D eigenvalue weighted by molar-refractivity contribution is 5.86. The van der Waals surface area contributed by atoms with Crippen molar-refractivity contribution in [3.63, 3.8) is 0 Å². The van der Waals surface area contributed by atoms with Gasteiger partial charge in [-0.3, -0.25) is 4.79 Å². The van der Waals surface area contributed by atoms with Crippen molar-refractivity contribution < 1.29 is 4.79 Å². The molecule has 1 amide bonds. The van der Waals surface area contributed by atoms with Gasteiger partial charge >= 0.3 is 0 Å². The van der Waals surface area contributed by atoms with Crippen molar-refractivity contribution in [2.45, 2.75) is 44.1 Å². The van der Waals surface area contributed by atoms with Crippen molar-refractivity contribution in [1.29, 1.82) is 5.26 Å². The second-order valence-electron chi connectivity index (χ2n) is 5.73. The van der Waals surface area contributed by atoms with Crippen molar-refractivity contribution in [2.24, 2.45) is 5.41 Å². The number of hydrogen-bond donors (Lipinski definition) is 1. The van der Waals surface area contributed by atoms with Gasteiger partial charge in [-0.05, 0) is 24.8 Å². The minimum Gasteiger partial charge on any atom is -0.351 e. The van der Waals surface area contributed by atoms with Gasteiger partial charge in [-0.25, -0.2) is 0 Å². The summed E-state index contributed by atoms with van der Waals surface area (Å²) in [6.07, 6.45) is 4.43. The van der Waals surface area contributed by atoms with Crippen LogP contribution in [0.25, 0.3) is 0 Å². The molecule has 0 bridgehead atoms. The molecule has 0 aromatic heterocycles. The number of nitrogens with zero attached hydrogens (tertiary/aromatic N) is 1. The molecule has 2 saturated carbocycles. The van der Waals surface area contributed by atoms with Gasteiger partial charge in [0.05, 0.1) is 6.07 Å². The van der Waals surface area contributed by atoms with E-state index in [4.69, 9.17) is 0 Å². The fourth-order valence-electron chi connectivity index (χ4n) is 3.10. The summed E-state index contributed by atoms with van der Waals surface area (Å²) >= 11 is 0. The Labute approximate surface area is 113 Å². The minimum absolute atomic E-state index is 0.0454. The van der Waals surface area contributed by atoms with Crippen LogP contribution in [0.15, 0.2) is 30.3 Å². The summed E-state index contributed by atoms with van der Waals surface area (Å²) in [7, 11) is 0. The van der Waals surface area contributed by atoms with E-state index in [0.717, 1.165) is 32.1 Å². The monoisotopic (exact) mass is 254 g/mol. The third-order valence-electron chi connectivity index (χ3n) is 4.44. The summed E-state index contributed by atoms with van der Waals surface area (Å²) in [5, 5.41) is 12.4. The predicted molar refractivity (Wildman–Crippen MR) is 72.2 cm³/mol. The molecule has 1 N–H and O–H groups in total. The van der Waals surface area contributed by atoms with Gasteiger partial charge in [-0.2, -0.15) is 5.26 Å².